The third-order valence-corrected chi connectivity index (χ3v) is 4.24. The van der Waals surface area contributed by atoms with Gasteiger partial charge < -0.3 is 5.11 Å². The van der Waals surface area contributed by atoms with Gasteiger partial charge >= 0.3 is 0 Å². The fraction of sp³-hybridized carbons (Fsp3) is 0. The molecule has 0 saturated heterocycles. The van der Waals surface area contributed by atoms with Crippen LogP contribution >= 0.6 is 44.3 Å². The van der Waals surface area contributed by atoms with Gasteiger partial charge in [-0.15, -0.1) is 12.4 Å². The summed E-state index contributed by atoms with van der Waals surface area (Å²) in [5.41, 5.74) is 4.66. The zero-order valence-electron chi connectivity index (χ0n) is 11.7. The van der Waals surface area contributed by atoms with Crippen LogP contribution < -0.4 is 5.43 Å². The Labute approximate surface area is 156 Å². The maximum atomic E-state index is 9.67. The quantitative estimate of drug-likeness (QED) is 0.413. The average Bonchev–Trinajstić information content (AvgIpc) is 2.52. The molecule has 3 rings (SSSR count). The first-order valence-corrected chi connectivity index (χ1v) is 8.05. The number of benzene rings is 2. The molecule has 3 aromatic rings. The fourth-order valence-corrected chi connectivity index (χ4v) is 3.18. The van der Waals surface area contributed by atoms with E-state index in [1.807, 2.05) is 36.4 Å². The van der Waals surface area contributed by atoms with Crippen LogP contribution in [0.15, 0.2) is 62.6 Å². The summed E-state index contributed by atoms with van der Waals surface area (Å²) < 4.78 is 1.21. The molecule has 0 aliphatic rings. The van der Waals surface area contributed by atoms with Gasteiger partial charge in [-0.3, -0.25) is 5.43 Å². The number of pyridine rings is 1. The smallest absolute Gasteiger partial charge is 0.146 e. The molecule has 0 atom stereocenters. The van der Waals surface area contributed by atoms with Crippen LogP contribution in [-0.2, 0) is 0 Å². The maximum Gasteiger partial charge on any atom is 0.146 e. The molecule has 2 aromatic carbocycles. The minimum atomic E-state index is 0. The van der Waals surface area contributed by atoms with Crippen molar-refractivity contribution in [2.24, 2.45) is 5.10 Å². The molecule has 0 amide bonds. The minimum absolute atomic E-state index is 0. The second-order valence-corrected chi connectivity index (χ2v) is 6.30. The monoisotopic (exact) mass is 455 g/mol. The van der Waals surface area contributed by atoms with Crippen molar-refractivity contribution in [3.63, 3.8) is 0 Å². The van der Waals surface area contributed by atoms with Gasteiger partial charge in [0.15, 0.2) is 0 Å². The van der Waals surface area contributed by atoms with Gasteiger partial charge in [-0.2, -0.15) is 5.10 Å². The van der Waals surface area contributed by atoms with Crippen LogP contribution in [0.2, 0.25) is 0 Å². The van der Waals surface area contributed by atoms with Gasteiger partial charge in [-0.05, 0) is 67.8 Å². The van der Waals surface area contributed by atoms with E-state index in [-0.39, 0.29) is 18.2 Å². The molecule has 0 spiro atoms. The van der Waals surface area contributed by atoms with Crippen LogP contribution in [0.1, 0.15) is 5.56 Å². The van der Waals surface area contributed by atoms with Gasteiger partial charge in [0.25, 0.3) is 0 Å². The Hall–Kier alpha value is -1.63. The van der Waals surface area contributed by atoms with E-state index in [2.05, 4.69) is 47.4 Å². The van der Waals surface area contributed by atoms with Crippen molar-refractivity contribution >= 4 is 67.2 Å². The summed E-state index contributed by atoms with van der Waals surface area (Å²) in [5, 5.41) is 14.9. The number of rotatable bonds is 3. The summed E-state index contributed by atoms with van der Waals surface area (Å²) in [4.78, 5) is 4.47. The lowest BCUT2D eigenvalue weighted by molar-refractivity contribution is 0.468. The third kappa shape index (κ3) is 4.22. The van der Waals surface area contributed by atoms with E-state index >= 15 is 0 Å². The molecule has 1 aromatic heterocycles. The van der Waals surface area contributed by atoms with E-state index in [4.69, 9.17) is 0 Å². The number of aromatic nitrogens is 1. The Morgan fingerprint density at radius 3 is 2.48 bits per heavy atom. The Balaban J connectivity index is 0.00000192. The highest BCUT2D eigenvalue weighted by Crippen LogP contribution is 2.32. The molecule has 1 heterocycles. The summed E-state index contributed by atoms with van der Waals surface area (Å²) in [7, 11) is 0. The number of hydrogen-bond donors (Lipinski definition) is 2. The Morgan fingerprint density at radius 2 is 1.74 bits per heavy atom. The summed E-state index contributed by atoms with van der Waals surface area (Å²) in [6, 6.07) is 15.3. The van der Waals surface area contributed by atoms with Gasteiger partial charge in [-0.1, -0.05) is 18.2 Å². The highest BCUT2D eigenvalue weighted by atomic mass is 79.9. The number of nitrogens with one attached hydrogen (secondary N) is 1. The fourth-order valence-electron chi connectivity index (χ4n) is 1.96. The van der Waals surface area contributed by atoms with Crippen LogP contribution in [0.4, 0.5) is 5.82 Å². The molecule has 23 heavy (non-hydrogen) atoms. The van der Waals surface area contributed by atoms with Crippen LogP contribution in [0.5, 0.6) is 5.75 Å². The largest absolute Gasteiger partial charge is 0.506 e. The molecule has 7 heteroatoms. The van der Waals surface area contributed by atoms with E-state index < -0.39 is 0 Å². The zero-order valence-corrected chi connectivity index (χ0v) is 15.7. The lowest BCUT2D eigenvalue weighted by atomic mass is 10.2. The first kappa shape index (κ1) is 17.7. The molecule has 0 saturated carbocycles. The van der Waals surface area contributed by atoms with Gasteiger partial charge in [0.2, 0.25) is 0 Å². The summed E-state index contributed by atoms with van der Waals surface area (Å²) >= 11 is 6.57. The van der Waals surface area contributed by atoms with Gasteiger partial charge in [0, 0.05) is 5.39 Å². The summed E-state index contributed by atoms with van der Waals surface area (Å²) in [6.45, 7) is 0. The average molecular weight is 458 g/mol. The first-order valence-electron chi connectivity index (χ1n) is 6.46. The van der Waals surface area contributed by atoms with E-state index in [1.165, 1.54) is 0 Å². The number of para-hydroxylation sites is 1. The van der Waals surface area contributed by atoms with E-state index in [1.54, 1.807) is 18.3 Å². The summed E-state index contributed by atoms with van der Waals surface area (Å²) in [5.74, 6) is 0.841. The predicted molar refractivity (Wildman–Crippen MR) is 104 cm³/mol. The van der Waals surface area contributed by atoms with Crippen molar-refractivity contribution < 1.29 is 5.11 Å². The number of phenols is 1. The molecule has 4 nitrogen and oxygen atoms in total. The van der Waals surface area contributed by atoms with Gasteiger partial charge in [0.05, 0.1) is 20.7 Å². The number of halogens is 3. The van der Waals surface area contributed by atoms with Crippen LogP contribution in [0.25, 0.3) is 10.9 Å². The molecule has 0 unspecified atom stereocenters. The number of fused-ring (bicyclic) bond motifs is 1. The minimum Gasteiger partial charge on any atom is -0.506 e. The molecule has 0 aliphatic heterocycles. The molecular formula is C16H12Br2ClN3O. The van der Waals surface area contributed by atoms with Gasteiger partial charge in [-0.25, -0.2) is 4.98 Å². The maximum absolute atomic E-state index is 9.67. The Bertz CT molecular complexity index is 848. The number of hydrazone groups is 1. The molecule has 0 radical (unpaired) electrons. The second kappa shape index (κ2) is 7.77. The van der Waals surface area contributed by atoms with E-state index in [9.17, 15) is 5.11 Å². The topological polar surface area (TPSA) is 57.5 Å². The number of nitrogens with zero attached hydrogens (tertiary/aromatic N) is 2. The van der Waals surface area contributed by atoms with Crippen molar-refractivity contribution in [1.82, 2.24) is 4.98 Å². The standard InChI is InChI=1S/C16H11Br2N3O.ClH/c17-12-7-10(8-13(18)16(12)22)9-19-21-15-6-5-11-3-1-2-4-14(11)20-15;/h1-9,22H,(H,20,21);1H. The lowest BCUT2D eigenvalue weighted by Crippen LogP contribution is -1.94. The molecular weight excluding hydrogens is 445 g/mol. The van der Waals surface area contributed by atoms with Crippen molar-refractivity contribution in [1.29, 1.82) is 0 Å². The Kier molecular flexibility index (Phi) is 5.98. The molecule has 0 aliphatic carbocycles. The number of phenolic OH excluding ortho intramolecular Hbond substituents is 1. The lowest BCUT2D eigenvalue weighted by Gasteiger charge is -2.03. The normalized spacial score (nSPS) is 10.7. The molecule has 2 N–H and O–H groups in total. The molecule has 0 bridgehead atoms. The Morgan fingerprint density at radius 1 is 1.04 bits per heavy atom. The van der Waals surface area contributed by atoms with E-state index in [0.717, 1.165) is 16.5 Å². The van der Waals surface area contributed by atoms with Crippen LogP contribution in [0.3, 0.4) is 0 Å². The highest BCUT2D eigenvalue weighted by molar-refractivity contribution is 9.11. The zero-order chi connectivity index (χ0) is 15.5. The van der Waals surface area contributed by atoms with E-state index in [0.29, 0.717) is 14.8 Å². The van der Waals surface area contributed by atoms with Crippen molar-refractivity contribution in [3.05, 3.63) is 63.0 Å². The first-order chi connectivity index (χ1) is 10.6. The van der Waals surface area contributed by atoms with Crippen molar-refractivity contribution in [3.8, 4) is 5.75 Å². The number of hydrogen-bond acceptors (Lipinski definition) is 4. The summed E-state index contributed by atoms with van der Waals surface area (Å²) in [6.07, 6.45) is 1.66. The third-order valence-electron chi connectivity index (χ3n) is 3.03. The van der Waals surface area contributed by atoms with Crippen LogP contribution in [0, 0.1) is 0 Å². The van der Waals surface area contributed by atoms with Crippen LogP contribution in [-0.4, -0.2) is 16.3 Å². The molecule has 118 valence electrons. The molecule has 0 fully saturated rings. The highest BCUT2D eigenvalue weighted by Gasteiger charge is 2.04. The second-order valence-electron chi connectivity index (χ2n) is 4.59. The van der Waals surface area contributed by atoms with Crippen molar-refractivity contribution in [2.75, 3.05) is 5.43 Å². The predicted octanol–water partition coefficient (Wildman–Crippen LogP) is 5.33. The number of anilines is 1. The van der Waals surface area contributed by atoms with Crippen molar-refractivity contribution in [2.45, 2.75) is 0 Å². The number of aromatic hydroxyl groups is 1. The SMILES string of the molecule is Cl.Oc1c(Br)cc(C=NNc2ccc3ccccc3n2)cc1Br. The van der Waals surface area contributed by atoms with Gasteiger partial charge in [0.1, 0.15) is 11.6 Å².